The Balaban J connectivity index is 1.52. The van der Waals surface area contributed by atoms with Gasteiger partial charge in [-0.2, -0.15) is 17.6 Å². The predicted octanol–water partition coefficient (Wildman–Crippen LogP) is 5.35. The van der Waals surface area contributed by atoms with E-state index in [0.29, 0.717) is 24.0 Å². The Morgan fingerprint density at radius 2 is 1.46 bits per heavy atom. The van der Waals surface area contributed by atoms with Crippen LogP contribution in [-0.4, -0.2) is 45.5 Å². The van der Waals surface area contributed by atoms with Crippen molar-refractivity contribution in [3.8, 4) is 34.4 Å². The molecule has 1 saturated carbocycles. The lowest BCUT2D eigenvalue weighted by atomic mass is 10.1. The fraction of sp³-hybridized carbons (Fsp3) is 0.360. The van der Waals surface area contributed by atoms with E-state index in [-0.39, 0.29) is 39.2 Å². The maximum absolute atomic E-state index is 14.5. The monoisotopic (exact) mass is 568 g/mol. The molecule has 2 aliphatic rings. The number of ether oxygens (including phenoxy) is 2. The second-order valence-electron chi connectivity index (χ2n) is 9.61. The summed E-state index contributed by atoms with van der Waals surface area (Å²) in [5.74, 6) is -1.22. The number of aryl methyl sites for hydroxylation is 1. The van der Waals surface area contributed by atoms with E-state index >= 15 is 0 Å². The van der Waals surface area contributed by atoms with E-state index in [9.17, 15) is 30.4 Å². The molecule has 1 aliphatic carbocycles. The minimum Gasteiger partial charge on any atom is -0.421 e. The van der Waals surface area contributed by atoms with Crippen LogP contribution in [0.5, 0.6) is 11.5 Å². The highest BCUT2D eigenvalue weighted by molar-refractivity contribution is 7.91. The molecule has 3 heterocycles. The summed E-state index contributed by atoms with van der Waals surface area (Å²) in [6.07, 6.45) is -8.91. The van der Waals surface area contributed by atoms with E-state index < -0.39 is 39.2 Å². The van der Waals surface area contributed by atoms with Crippen molar-refractivity contribution < 1.29 is 39.8 Å². The molecule has 14 heteroatoms. The third-order valence-electron chi connectivity index (χ3n) is 7.04. The minimum atomic E-state index is -4.90. The van der Waals surface area contributed by atoms with Gasteiger partial charge < -0.3 is 18.6 Å². The molecule has 0 saturated heterocycles. The van der Waals surface area contributed by atoms with Crippen molar-refractivity contribution in [1.82, 2.24) is 19.1 Å². The zero-order chi connectivity index (χ0) is 28.1. The molecule has 2 aromatic heterocycles. The van der Waals surface area contributed by atoms with Gasteiger partial charge in [0.15, 0.2) is 32.2 Å². The molecule has 1 aliphatic heterocycles. The lowest BCUT2D eigenvalue weighted by Gasteiger charge is -2.31. The Kier molecular flexibility index (Phi) is 5.20. The van der Waals surface area contributed by atoms with Crippen LogP contribution in [0, 0.1) is 0 Å². The van der Waals surface area contributed by atoms with Gasteiger partial charge in [-0.05, 0) is 18.4 Å². The zero-order valence-corrected chi connectivity index (χ0v) is 21.6. The lowest BCUT2D eigenvalue weighted by molar-refractivity contribution is -0.391. The van der Waals surface area contributed by atoms with Crippen LogP contribution in [0.4, 0.5) is 22.0 Å². The molecule has 0 unspecified atom stereocenters. The molecule has 2 aromatic carbocycles. The zero-order valence-electron chi connectivity index (χ0n) is 20.8. The SMILES string of the molecule is CCS(=O)(=O)c1c(-c2nc3cc4c(cc3n2C)OC(F)(F)C(F)(F)O4)nc(-c2ccc(C3(F)CC3)cc2)n1C. The number of aromatic nitrogens is 4. The van der Waals surface area contributed by atoms with Crippen molar-refractivity contribution in [2.75, 3.05) is 5.75 Å². The Morgan fingerprint density at radius 1 is 0.872 bits per heavy atom. The molecule has 6 rings (SSSR count). The van der Waals surface area contributed by atoms with Gasteiger partial charge in [0.05, 0.1) is 16.8 Å². The van der Waals surface area contributed by atoms with Crippen LogP contribution in [-0.2, 0) is 29.6 Å². The van der Waals surface area contributed by atoms with Gasteiger partial charge in [0.25, 0.3) is 0 Å². The highest BCUT2D eigenvalue weighted by Crippen LogP contribution is 2.50. The molecule has 0 spiro atoms. The van der Waals surface area contributed by atoms with Crippen molar-refractivity contribution in [1.29, 1.82) is 0 Å². The van der Waals surface area contributed by atoms with Gasteiger partial charge in [0.2, 0.25) is 0 Å². The summed E-state index contributed by atoms with van der Waals surface area (Å²) in [5, 5.41) is -0.151. The Hall–Kier alpha value is -3.68. The van der Waals surface area contributed by atoms with Gasteiger partial charge in [0.1, 0.15) is 17.2 Å². The molecule has 0 radical (unpaired) electrons. The maximum Gasteiger partial charge on any atom is 0.507 e. The van der Waals surface area contributed by atoms with Crippen LogP contribution >= 0.6 is 0 Å². The molecule has 0 bridgehead atoms. The van der Waals surface area contributed by atoms with Gasteiger partial charge in [0, 0.05) is 31.8 Å². The summed E-state index contributed by atoms with van der Waals surface area (Å²) < 4.78 is 107. The molecule has 206 valence electrons. The summed E-state index contributed by atoms with van der Waals surface area (Å²) in [6, 6.07) is 8.65. The van der Waals surface area contributed by atoms with Gasteiger partial charge in [-0.15, -0.1) is 0 Å². The third kappa shape index (κ3) is 3.79. The van der Waals surface area contributed by atoms with Gasteiger partial charge >= 0.3 is 12.2 Å². The standard InChI is InChI=1S/C25H21F5N4O4S/c1-4-39(35,36)22-19(32-20(34(22)3)13-5-7-14(8-6-13)23(26)9-10-23)21-31-15-11-17-18(12-16(15)33(21)2)38-25(29,30)24(27,28)37-17/h5-8,11-12H,4,9-10H2,1-3H3. The first-order chi connectivity index (χ1) is 18.2. The van der Waals surface area contributed by atoms with Crippen LogP contribution in [0.25, 0.3) is 33.9 Å². The number of hydrogen-bond donors (Lipinski definition) is 0. The fourth-order valence-corrected chi connectivity index (χ4v) is 5.87. The number of rotatable bonds is 5. The van der Waals surface area contributed by atoms with Crippen molar-refractivity contribution in [2.45, 2.75) is 42.7 Å². The van der Waals surface area contributed by atoms with Crippen LogP contribution in [0.2, 0.25) is 0 Å². The van der Waals surface area contributed by atoms with Gasteiger partial charge in [-0.3, -0.25) is 0 Å². The molecule has 39 heavy (non-hydrogen) atoms. The van der Waals surface area contributed by atoms with E-state index in [1.807, 2.05) is 0 Å². The number of fused-ring (bicyclic) bond motifs is 2. The molecule has 0 N–H and O–H groups in total. The first-order valence-corrected chi connectivity index (χ1v) is 13.6. The normalized spacial score (nSPS) is 18.9. The van der Waals surface area contributed by atoms with Gasteiger partial charge in [-0.25, -0.2) is 22.8 Å². The molecular formula is C25H21F5N4O4S. The van der Waals surface area contributed by atoms with Crippen LogP contribution < -0.4 is 9.47 Å². The Bertz CT molecular complexity index is 1760. The third-order valence-corrected chi connectivity index (χ3v) is 8.86. The largest absolute Gasteiger partial charge is 0.507 e. The first kappa shape index (κ1) is 25.6. The van der Waals surface area contributed by atoms with E-state index in [1.165, 1.54) is 30.2 Å². The summed E-state index contributed by atoms with van der Waals surface area (Å²) >= 11 is 0. The molecular weight excluding hydrogens is 547 g/mol. The second kappa shape index (κ2) is 7.93. The highest BCUT2D eigenvalue weighted by atomic mass is 32.2. The number of nitrogens with zero attached hydrogens (tertiary/aromatic N) is 4. The van der Waals surface area contributed by atoms with E-state index in [0.717, 1.165) is 12.1 Å². The van der Waals surface area contributed by atoms with E-state index in [1.54, 1.807) is 24.3 Å². The number of imidazole rings is 2. The van der Waals surface area contributed by atoms with E-state index in [2.05, 4.69) is 19.4 Å². The van der Waals surface area contributed by atoms with Crippen molar-refractivity contribution in [3.05, 3.63) is 42.0 Å². The number of halogens is 5. The summed E-state index contributed by atoms with van der Waals surface area (Å²) in [7, 11) is -0.861. The van der Waals surface area contributed by atoms with Crippen LogP contribution in [0.3, 0.4) is 0 Å². The fourth-order valence-electron chi connectivity index (χ4n) is 4.66. The van der Waals surface area contributed by atoms with Crippen LogP contribution in [0.1, 0.15) is 25.3 Å². The number of sulfone groups is 1. The van der Waals surface area contributed by atoms with Crippen molar-refractivity contribution in [3.63, 3.8) is 0 Å². The molecule has 1 fully saturated rings. The van der Waals surface area contributed by atoms with E-state index in [4.69, 9.17) is 0 Å². The number of benzene rings is 2. The van der Waals surface area contributed by atoms with Crippen LogP contribution in [0.15, 0.2) is 41.4 Å². The number of alkyl halides is 5. The molecule has 4 aromatic rings. The molecule has 0 atom stereocenters. The maximum atomic E-state index is 14.5. The lowest BCUT2D eigenvalue weighted by Crippen LogP contribution is -2.52. The molecule has 0 amide bonds. The number of hydrogen-bond acceptors (Lipinski definition) is 6. The quantitative estimate of drug-likeness (QED) is 0.302. The smallest absolute Gasteiger partial charge is 0.421 e. The first-order valence-electron chi connectivity index (χ1n) is 11.9. The van der Waals surface area contributed by atoms with Gasteiger partial charge in [-0.1, -0.05) is 31.2 Å². The average molecular weight is 569 g/mol. The second-order valence-corrected chi connectivity index (χ2v) is 11.8. The Labute approximate surface area is 218 Å². The average Bonchev–Trinajstić information content (AvgIpc) is 3.41. The summed E-state index contributed by atoms with van der Waals surface area (Å²) in [6.45, 7) is 1.47. The summed E-state index contributed by atoms with van der Waals surface area (Å²) in [5.41, 5.74) is -0.0637. The Morgan fingerprint density at radius 3 is 2.03 bits per heavy atom. The summed E-state index contributed by atoms with van der Waals surface area (Å²) in [4.78, 5) is 8.97. The predicted molar refractivity (Wildman–Crippen MR) is 129 cm³/mol. The molecule has 8 nitrogen and oxygen atoms in total. The highest BCUT2D eigenvalue weighted by Gasteiger charge is 2.66. The topological polar surface area (TPSA) is 88.2 Å². The van der Waals surface area contributed by atoms with Crippen molar-refractivity contribution >= 4 is 20.9 Å². The van der Waals surface area contributed by atoms with Crippen molar-refractivity contribution in [2.24, 2.45) is 14.1 Å². The minimum absolute atomic E-state index is 0.0308.